The van der Waals surface area contributed by atoms with E-state index in [-0.39, 0.29) is 0 Å². The molecule has 0 N–H and O–H groups in total. The number of benzene rings is 2. The Morgan fingerprint density at radius 2 is 1.10 bits per heavy atom. The van der Waals surface area contributed by atoms with Crippen LogP contribution in [0.2, 0.25) is 0 Å². The highest BCUT2D eigenvalue weighted by Crippen LogP contribution is 2.09. The summed E-state index contributed by atoms with van der Waals surface area (Å²) >= 11 is 4.64. The molecule has 20 heavy (non-hydrogen) atoms. The van der Waals surface area contributed by atoms with E-state index >= 15 is 0 Å². The topological polar surface area (TPSA) is 24.7 Å². The van der Waals surface area contributed by atoms with E-state index < -0.39 is 0 Å². The van der Waals surface area contributed by atoms with Crippen LogP contribution >= 0.6 is 45.2 Å². The largest absolute Gasteiger partial charge is 0.291 e. The zero-order valence-electron chi connectivity index (χ0n) is 10.8. The number of hydrogen-bond acceptors (Lipinski definition) is 2. The van der Waals surface area contributed by atoms with Crippen molar-refractivity contribution in [2.45, 2.75) is 0 Å². The van der Waals surface area contributed by atoms with Gasteiger partial charge in [-0.25, -0.2) is 0 Å². The maximum absolute atomic E-state index is 4.41. The molecular weight excluding hydrogens is 474 g/mol. The lowest BCUT2D eigenvalue weighted by atomic mass is 10.2. The molecule has 0 saturated carbocycles. The summed E-state index contributed by atoms with van der Waals surface area (Å²) in [6.45, 7) is 1.43. The summed E-state index contributed by atoms with van der Waals surface area (Å²) in [5.74, 6) is 0. The van der Waals surface area contributed by atoms with Gasteiger partial charge in [-0.3, -0.25) is 9.98 Å². The Morgan fingerprint density at radius 3 is 1.50 bits per heavy atom. The van der Waals surface area contributed by atoms with Crippen molar-refractivity contribution in [2.24, 2.45) is 9.98 Å². The van der Waals surface area contributed by atoms with Crippen LogP contribution in [0.15, 0.2) is 58.5 Å². The van der Waals surface area contributed by atoms with E-state index in [0.29, 0.717) is 13.1 Å². The number of nitrogens with zero attached hydrogens (tertiary/aromatic N) is 2. The number of rotatable bonds is 5. The zero-order valence-corrected chi connectivity index (χ0v) is 15.2. The van der Waals surface area contributed by atoms with Crippen LogP contribution in [-0.4, -0.2) is 25.5 Å². The molecule has 0 saturated heterocycles. The van der Waals surface area contributed by atoms with Gasteiger partial charge >= 0.3 is 0 Å². The van der Waals surface area contributed by atoms with Crippen molar-refractivity contribution in [3.63, 3.8) is 0 Å². The average Bonchev–Trinajstić information content (AvgIpc) is 2.46. The van der Waals surface area contributed by atoms with Crippen LogP contribution in [-0.2, 0) is 0 Å². The Balaban J connectivity index is 1.82. The highest BCUT2D eigenvalue weighted by Gasteiger charge is 1.93. The van der Waals surface area contributed by atoms with Crippen molar-refractivity contribution in [2.75, 3.05) is 13.1 Å². The average molecular weight is 488 g/mol. The van der Waals surface area contributed by atoms with E-state index in [2.05, 4.69) is 79.4 Å². The first-order valence-electron chi connectivity index (χ1n) is 6.26. The van der Waals surface area contributed by atoms with Gasteiger partial charge in [0.1, 0.15) is 0 Å². The number of halogens is 2. The molecule has 0 heterocycles. The zero-order chi connectivity index (χ0) is 14.2. The van der Waals surface area contributed by atoms with Gasteiger partial charge in [0.15, 0.2) is 0 Å². The fourth-order valence-electron chi connectivity index (χ4n) is 1.60. The second kappa shape index (κ2) is 8.51. The molecule has 0 aromatic heterocycles. The molecule has 0 atom stereocenters. The number of hydrogen-bond donors (Lipinski definition) is 0. The third-order valence-electron chi connectivity index (χ3n) is 2.63. The first-order chi connectivity index (χ1) is 9.77. The maximum Gasteiger partial charge on any atom is 0.0585 e. The van der Waals surface area contributed by atoms with Gasteiger partial charge in [-0.15, -0.1) is 0 Å². The smallest absolute Gasteiger partial charge is 0.0585 e. The maximum atomic E-state index is 4.41. The number of aliphatic imine (C=N–C) groups is 2. The third kappa shape index (κ3) is 4.97. The van der Waals surface area contributed by atoms with Crippen LogP contribution in [0.3, 0.4) is 0 Å². The highest BCUT2D eigenvalue weighted by atomic mass is 127. The molecule has 2 aromatic carbocycles. The first kappa shape index (κ1) is 15.6. The minimum absolute atomic E-state index is 0.713. The summed E-state index contributed by atoms with van der Waals surface area (Å²) in [5.41, 5.74) is 2.32. The van der Waals surface area contributed by atoms with Gasteiger partial charge in [-0.1, -0.05) is 36.4 Å². The van der Waals surface area contributed by atoms with Gasteiger partial charge < -0.3 is 0 Å². The predicted octanol–water partition coefficient (Wildman–Crippen LogP) is 4.43. The SMILES string of the molecule is Ic1ccccc1C=NCCN=Cc1ccccc1I. The standard InChI is InChI=1S/C16H14I2N2/c17-15-7-3-1-5-13(15)11-19-9-10-20-12-14-6-2-4-8-16(14)18/h1-8,11-12H,9-10H2. The molecule has 2 aromatic rings. The molecule has 0 amide bonds. The molecular formula is C16H14I2N2. The Morgan fingerprint density at radius 1 is 0.700 bits per heavy atom. The fourth-order valence-corrected chi connectivity index (χ4v) is 2.65. The summed E-state index contributed by atoms with van der Waals surface area (Å²) in [4.78, 5) is 8.82. The molecule has 2 rings (SSSR count). The van der Waals surface area contributed by atoms with E-state index in [1.54, 1.807) is 0 Å². The summed E-state index contributed by atoms with van der Waals surface area (Å²) in [6, 6.07) is 16.4. The quantitative estimate of drug-likeness (QED) is 0.338. The Hall–Kier alpha value is -0.760. The van der Waals surface area contributed by atoms with Gasteiger partial charge in [-0.2, -0.15) is 0 Å². The van der Waals surface area contributed by atoms with Crippen LogP contribution in [0, 0.1) is 7.14 Å². The molecule has 102 valence electrons. The van der Waals surface area contributed by atoms with Crippen LogP contribution in [0.1, 0.15) is 11.1 Å². The van der Waals surface area contributed by atoms with E-state index in [0.717, 1.165) is 11.1 Å². The normalized spacial score (nSPS) is 11.5. The molecule has 4 heteroatoms. The predicted molar refractivity (Wildman–Crippen MR) is 103 cm³/mol. The van der Waals surface area contributed by atoms with Gasteiger partial charge in [0.25, 0.3) is 0 Å². The molecule has 0 aliphatic carbocycles. The van der Waals surface area contributed by atoms with Crippen LogP contribution < -0.4 is 0 Å². The molecule has 0 aliphatic rings. The van der Waals surface area contributed by atoms with Gasteiger partial charge in [0.05, 0.1) is 13.1 Å². The monoisotopic (exact) mass is 488 g/mol. The van der Waals surface area contributed by atoms with E-state index in [4.69, 9.17) is 0 Å². The van der Waals surface area contributed by atoms with Crippen LogP contribution in [0.25, 0.3) is 0 Å². The summed E-state index contributed by atoms with van der Waals surface area (Å²) in [5, 5.41) is 0. The molecule has 0 unspecified atom stereocenters. The van der Waals surface area contributed by atoms with E-state index in [1.807, 2.05) is 36.7 Å². The summed E-state index contributed by atoms with van der Waals surface area (Å²) in [7, 11) is 0. The Bertz CT molecular complexity index is 566. The fraction of sp³-hybridized carbons (Fsp3) is 0.125. The van der Waals surface area contributed by atoms with Gasteiger partial charge in [0, 0.05) is 30.7 Å². The molecule has 2 nitrogen and oxygen atoms in total. The van der Waals surface area contributed by atoms with Crippen molar-refractivity contribution >= 4 is 57.6 Å². The Labute approximate surface area is 146 Å². The third-order valence-corrected chi connectivity index (χ3v) is 4.59. The van der Waals surface area contributed by atoms with Crippen molar-refractivity contribution in [1.29, 1.82) is 0 Å². The Kier molecular flexibility index (Phi) is 6.65. The van der Waals surface area contributed by atoms with Crippen molar-refractivity contribution in [3.8, 4) is 0 Å². The second-order valence-electron chi connectivity index (χ2n) is 4.11. The lowest BCUT2D eigenvalue weighted by Crippen LogP contribution is -1.92. The summed E-state index contributed by atoms with van der Waals surface area (Å²) < 4.78 is 2.44. The summed E-state index contributed by atoms with van der Waals surface area (Å²) in [6.07, 6.45) is 3.84. The molecule has 0 bridgehead atoms. The first-order valence-corrected chi connectivity index (χ1v) is 8.42. The lowest BCUT2D eigenvalue weighted by Gasteiger charge is -1.97. The van der Waals surface area contributed by atoms with E-state index in [9.17, 15) is 0 Å². The highest BCUT2D eigenvalue weighted by molar-refractivity contribution is 14.1. The molecule has 0 spiro atoms. The van der Waals surface area contributed by atoms with Crippen molar-refractivity contribution in [1.82, 2.24) is 0 Å². The van der Waals surface area contributed by atoms with Gasteiger partial charge in [-0.05, 0) is 57.3 Å². The van der Waals surface area contributed by atoms with Gasteiger partial charge in [0.2, 0.25) is 0 Å². The molecule has 0 radical (unpaired) electrons. The minimum Gasteiger partial charge on any atom is -0.291 e. The van der Waals surface area contributed by atoms with E-state index in [1.165, 1.54) is 7.14 Å². The molecule has 0 aliphatic heterocycles. The van der Waals surface area contributed by atoms with Crippen LogP contribution in [0.5, 0.6) is 0 Å². The van der Waals surface area contributed by atoms with Crippen LogP contribution in [0.4, 0.5) is 0 Å². The lowest BCUT2D eigenvalue weighted by molar-refractivity contribution is 0.984. The second-order valence-corrected chi connectivity index (χ2v) is 6.44. The minimum atomic E-state index is 0.713. The van der Waals surface area contributed by atoms with Crippen molar-refractivity contribution < 1.29 is 0 Å². The molecule has 0 fully saturated rings. The van der Waals surface area contributed by atoms with Crippen molar-refractivity contribution in [3.05, 3.63) is 66.8 Å².